The van der Waals surface area contributed by atoms with Crippen molar-refractivity contribution in [3.8, 4) is 5.75 Å². The van der Waals surface area contributed by atoms with E-state index in [-0.39, 0.29) is 17.9 Å². The molecular formula is C13H16BrF4NO. The van der Waals surface area contributed by atoms with E-state index in [1.807, 2.05) is 0 Å². The Labute approximate surface area is 123 Å². The number of alkyl halides is 4. The van der Waals surface area contributed by atoms with E-state index in [1.54, 1.807) is 13.8 Å². The first-order valence-electron chi connectivity index (χ1n) is 5.99. The maximum atomic E-state index is 13.7. The largest absolute Gasteiger partial charge is 0.496 e. The van der Waals surface area contributed by atoms with Gasteiger partial charge in [0.05, 0.1) is 7.11 Å². The third kappa shape index (κ3) is 3.44. The summed E-state index contributed by atoms with van der Waals surface area (Å²) in [5.74, 6) is -4.05. The molecule has 0 fully saturated rings. The van der Waals surface area contributed by atoms with Gasteiger partial charge in [0.2, 0.25) is 0 Å². The van der Waals surface area contributed by atoms with Crippen LogP contribution in [0.15, 0.2) is 16.6 Å². The number of hydrogen-bond acceptors (Lipinski definition) is 2. The van der Waals surface area contributed by atoms with Crippen molar-refractivity contribution in [3.63, 3.8) is 0 Å². The zero-order valence-electron chi connectivity index (χ0n) is 11.3. The highest BCUT2D eigenvalue weighted by Gasteiger charge is 2.50. The van der Waals surface area contributed by atoms with Crippen LogP contribution >= 0.6 is 15.9 Å². The van der Waals surface area contributed by atoms with Crippen LogP contribution in [0.5, 0.6) is 5.75 Å². The molecule has 2 nitrogen and oxygen atoms in total. The molecule has 0 aromatic heterocycles. The van der Waals surface area contributed by atoms with Crippen LogP contribution in [-0.2, 0) is 0 Å². The van der Waals surface area contributed by atoms with E-state index in [2.05, 4.69) is 21.2 Å². The number of halogens is 5. The molecule has 7 heteroatoms. The number of ether oxygens (including phenoxy) is 1. The van der Waals surface area contributed by atoms with Crippen molar-refractivity contribution in [2.45, 2.75) is 32.2 Å². The Balaban J connectivity index is 3.38. The normalized spacial score (nSPS) is 13.7. The summed E-state index contributed by atoms with van der Waals surface area (Å²) in [5, 5.41) is 2.41. The summed E-state index contributed by atoms with van der Waals surface area (Å²) in [6.07, 6.45) is -3.77. The molecule has 20 heavy (non-hydrogen) atoms. The number of methoxy groups -OCH3 is 1. The van der Waals surface area contributed by atoms with Crippen LogP contribution in [0.3, 0.4) is 0 Å². The van der Waals surface area contributed by atoms with Gasteiger partial charge >= 0.3 is 12.3 Å². The van der Waals surface area contributed by atoms with Crippen molar-refractivity contribution in [3.05, 3.63) is 27.7 Å². The van der Waals surface area contributed by atoms with E-state index in [0.29, 0.717) is 4.47 Å². The summed E-state index contributed by atoms with van der Waals surface area (Å²) < 4.78 is 58.4. The van der Waals surface area contributed by atoms with Crippen LogP contribution in [0.2, 0.25) is 0 Å². The predicted octanol–water partition coefficient (Wildman–Crippen LogP) is 4.32. The van der Waals surface area contributed by atoms with Crippen molar-refractivity contribution in [1.82, 2.24) is 5.32 Å². The molecule has 1 aromatic carbocycles. The lowest BCUT2D eigenvalue weighted by molar-refractivity contribution is -0.151. The fourth-order valence-corrected chi connectivity index (χ4v) is 2.22. The van der Waals surface area contributed by atoms with Gasteiger partial charge in [-0.15, -0.1) is 0 Å². The van der Waals surface area contributed by atoms with Gasteiger partial charge in [-0.25, -0.2) is 8.78 Å². The van der Waals surface area contributed by atoms with Crippen molar-refractivity contribution in [2.75, 3.05) is 13.7 Å². The minimum absolute atomic E-state index is 0.00266. The lowest BCUT2D eigenvalue weighted by atomic mass is 9.98. The Morgan fingerprint density at radius 3 is 2.40 bits per heavy atom. The van der Waals surface area contributed by atoms with Gasteiger partial charge in [0.25, 0.3) is 0 Å². The highest BCUT2D eigenvalue weighted by Crippen LogP contribution is 2.41. The molecule has 0 heterocycles. The third-order valence-corrected chi connectivity index (χ3v) is 3.76. The molecule has 0 saturated heterocycles. The molecule has 0 amide bonds. The second kappa shape index (κ2) is 6.76. The zero-order valence-corrected chi connectivity index (χ0v) is 12.9. The molecule has 1 rings (SSSR count). The van der Waals surface area contributed by atoms with E-state index in [1.165, 1.54) is 19.2 Å². The molecule has 1 aromatic rings. The summed E-state index contributed by atoms with van der Waals surface area (Å²) in [4.78, 5) is 0. The monoisotopic (exact) mass is 357 g/mol. The van der Waals surface area contributed by atoms with Gasteiger partial charge in [0.1, 0.15) is 11.8 Å². The van der Waals surface area contributed by atoms with Crippen LogP contribution in [0.1, 0.15) is 24.1 Å². The fraction of sp³-hybridized carbons (Fsp3) is 0.538. The standard InChI is InChI=1S/C13H16BrF4NO/c1-4-19-11(13(17,18)12(15)16)8-6-9(14)7(2)5-10(8)20-3/h5-6,11-12,19H,4H2,1-3H3. The van der Waals surface area contributed by atoms with Crippen molar-refractivity contribution < 1.29 is 22.3 Å². The Hall–Kier alpha value is -0.820. The molecule has 0 spiro atoms. The molecule has 1 atom stereocenters. The Bertz CT molecular complexity index is 468. The Morgan fingerprint density at radius 1 is 1.35 bits per heavy atom. The lowest BCUT2D eigenvalue weighted by Crippen LogP contribution is -2.42. The number of hydrogen-bond donors (Lipinski definition) is 1. The van der Waals surface area contributed by atoms with Gasteiger partial charge in [-0.05, 0) is 31.2 Å². The average molecular weight is 358 g/mol. The Morgan fingerprint density at radius 2 is 1.95 bits per heavy atom. The maximum absolute atomic E-state index is 13.7. The molecular weight excluding hydrogens is 342 g/mol. The second-order valence-corrected chi connectivity index (χ2v) is 5.16. The number of benzene rings is 1. The smallest absolute Gasteiger partial charge is 0.326 e. The summed E-state index contributed by atoms with van der Waals surface area (Å²) in [6, 6.07) is 1.10. The first-order chi connectivity index (χ1) is 9.25. The number of rotatable bonds is 6. The summed E-state index contributed by atoms with van der Waals surface area (Å²) >= 11 is 3.22. The summed E-state index contributed by atoms with van der Waals surface area (Å²) in [5.41, 5.74) is 0.762. The van der Waals surface area contributed by atoms with Gasteiger partial charge in [0.15, 0.2) is 0 Å². The molecule has 0 radical (unpaired) electrons. The van der Waals surface area contributed by atoms with E-state index < -0.39 is 18.4 Å². The second-order valence-electron chi connectivity index (χ2n) is 4.31. The quantitative estimate of drug-likeness (QED) is 0.765. The summed E-state index contributed by atoms with van der Waals surface area (Å²) in [6.45, 7) is 3.45. The highest BCUT2D eigenvalue weighted by atomic mass is 79.9. The van der Waals surface area contributed by atoms with Crippen LogP contribution in [0, 0.1) is 6.92 Å². The lowest BCUT2D eigenvalue weighted by Gasteiger charge is -2.28. The third-order valence-electron chi connectivity index (χ3n) is 2.91. The van der Waals surface area contributed by atoms with Crippen molar-refractivity contribution in [1.29, 1.82) is 0 Å². The van der Waals surface area contributed by atoms with Crippen LogP contribution in [-0.4, -0.2) is 26.0 Å². The molecule has 1 unspecified atom stereocenters. The van der Waals surface area contributed by atoms with Gasteiger partial charge < -0.3 is 10.1 Å². The molecule has 0 bridgehead atoms. The van der Waals surface area contributed by atoms with Gasteiger partial charge in [-0.2, -0.15) is 8.78 Å². The van der Waals surface area contributed by atoms with Crippen molar-refractivity contribution >= 4 is 15.9 Å². The first-order valence-corrected chi connectivity index (χ1v) is 6.78. The number of aryl methyl sites for hydroxylation is 1. The zero-order chi connectivity index (χ0) is 15.5. The van der Waals surface area contributed by atoms with E-state index >= 15 is 0 Å². The van der Waals surface area contributed by atoms with Gasteiger partial charge in [-0.1, -0.05) is 22.9 Å². The molecule has 0 aliphatic heterocycles. The molecule has 0 aliphatic carbocycles. The Kier molecular flexibility index (Phi) is 5.82. The SMILES string of the molecule is CCNC(c1cc(Br)c(C)cc1OC)C(F)(F)C(F)F. The molecule has 114 valence electrons. The molecule has 1 N–H and O–H groups in total. The van der Waals surface area contributed by atoms with E-state index in [0.717, 1.165) is 5.56 Å². The molecule has 0 aliphatic rings. The highest BCUT2D eigenvalue weighted by molar-refractivity contribution is 9.10. The van der Waals surface area contributed by atoms with Gasteiger partial charge in [0, 0.05) is 10.0 Å². The first kappa shape index (κ1) is 17.2. The minimum Gasteiger partial charge on any atom is -0.496 e. The van der Waals surface area contributed by atoms with E-state index in [4.69, 9.17) is 4.74 Å². The molecule has 0 saturated carbocycles. The fourth-order valence-electron chi connectivity index (χ4n) is 1.86. The van der Waals surface area contributed by atoms with Crippen LogP contribution in [0.25, 0.3) is 0 Å². The number of nitrogens with one attached hydrogen (secondary N) is 1. The topological polar surface area (TPSA) is 21.3 Å². The average Bonchev–Trinajstić information content (AvgIpc) is 2.38. The van der Waals surface area contributed by atoms with Crippen LogP contribution in [0.4, 0.5) is 17.6 Å². The van der Waals surface area contributed by atoms with E-state index in [9.17, 15) is 17.6 Å². The summed E-state index contributed by atoms with van der Waals surface area (Å²) in [7, 11) is 1.32. The predicted molar refractivity (Wildman–Crippen MR) is 72.8 cm³/mol. The van der Waals surface area contributed by atoms with Crippen LogP contribution < -0.4 is 10.1 Å². The minimum atomic E-state index is -4.20. The van der Waals surface area contributed by atoms with Crippen molar-refractivity contribution in [2.24, 2.45) is 0 Å². The maximum Gasteiger partial charge on any atom is 0.326 e. The van der Waals surface area contributed by atoms with Gasteiger partial charge in [-0.3, -0.25) is 0 Å².